The Balaban J connectivity index is 1.38. The van der Waals surface area contributed by atoms with Gasteiger partial charge in [0.1, 0.15) is 5.84 Å². The van der Waals surface area contributed by atoms with Crippen molar-refractivity contribution in [2.24, 2.45) is 16.3 Å². The predicted molar refractivity (Wildman–Crippen MR) is 139 cm³/mol. The van der Waals surface area contributed by atoms with Gasteiger partial charge in [-0.25, -0.2) is 0 Å². The molecule has 1 amide bonds. The number of piperidine rings is 1. The first-order valence-electron chi connectivity index (χ1n) is 13.1. The van der Waals surface area contributed by atoms with Gasteiger partial charge >= 0.3 is 0 Å². The summed E-state index contributed by atoms with van der Waals surface area (Å²) in [6.07, 6.45) is 12.6. The number of anilines is 1. The molecule has 1 saturated carbocycles. The van der Waals surface area contributed by atoms with Gasteiger partial charge in [0, 0.05) is 31.2 Å². The Morgan fingerprint density at radius 2 is 1.86 bits per heavy atom. The molecule has 0 atom stereocenters. The topological polar surface area (TPSA) is 95.3 Å². The van der Waals surface area contributed by atoms with E-state index in [-0.39, 0.29) is 11.9 Å². The predicted octanol–water partition coefficient (Wildman–Crippen LogP) is 5.57. The van der Waals surface area contributed by atoms with Crippen LogP contribution >= 0.6 is 0 Å². The van der Waals surface area contributed by atoms with Crippen LogP contribution < -0.4 is 10.6 Å². The molecule has 1 aliphatic heterocycles. The first-order chi connectivity index (χ1) is 17.0. The van der Waals surface area contributed by atoms with E-state index < -0.39 is 0 Å². The van der Waals surface area contributed by atoms with Crippen LogP contribution in [0.1, 0.15) is 80.3 Å². The zero-order valence-electron chi connectivity index (χ0n) is 21.0. The van der Waals surface area contributed by atoms with E-state index in [1.54, 1.807) is 18.4 Å². The highest BCUT2D eigenvalue weighted by atomic mass is 16.4. The van der Waals surface area contributed by atoms with Crippen LogP contribution in [0.4, 0.5) is 5.69 Å². The van der Waals surface area contributed by atoms with E-state index in [0.717, 1.165) is 51.0 Å². The highest BCUT2D eigenvalue weighted by Gasteiger charge is 2.34. The summed E-state index contributed by atoms with van der Waals surface area (Å²) < 4.78 is 5.46. The van der Waals surface area contributed by atoms with Gasteiger partial charge in [-0.2, -0.15) is 0 Å². The van der Waals surface area contributed by atoms with Gasteiger partial charge in [0.25, 0.3) is 5.91 Å². The average Bonchev–Trinajstić information content (AvgIpc) is 3.44. The zero-order valence-corrected chi connectivity index (χ0v) is 21.0. The molecule has 4 rings (SSSR count). The number of aryl methyl sites for hydroxylation is 1. The average molecular weight is 481 g/mol. The molecule has 7 nitrogen and oxygen atoms in total. The van der Waals surface area contributed by atoms with Crippen LogP contribution in [0.15, 0.2) is 52.2 Å². The number of hydrogen-bond donors (Lipinski definition) is 2. The first kappa shape index (κ1) is 25.3. The molecule has 7 heteroatoms. The third-order valence-corrected chi connectivity index (χ3v) is 8.10. The summed E-state index contributed by atoms with van der Waals surface area (Å²) in [5, 5.41) is 12.2. The molecule has 0 radical (unpaired) electrons. The van der Waals surface area contributed by atoms with Crippen molar-refractivity contribution in [3.8, 4) is 0 Å². The normalized spacial score (nSPS) is 19.5. The van der Waals surface area contributed by atoms with Crippen LogP contribution in [-0.4, -0.2) is 47.5 Å². The van der Waals surface area contributed by atoms with Crippen molar-refractivity contribution >= 4 is 17.4 Å². The second-order valence-corrected chi connectivity index (χ2v) is 10.5. The highest BCUT2D eigenvalue weighted by Crippen LogP contribution is 2.43. The van der Waals surface area contributed by atoms with Crippen molar-refractivity contribution in [1.29, 1.82) is 0 Å². The minimum Gasteiger partial charge on any atom is -0.459 e. The van der Waals surface area contributed by atoms with Gasteiger partial charge in [0.2, 0.25) is 0 Å². The zero-order chi connectivity index (χ0) is 24.7. The third kappa shape index (κ3) is 6.45. The Morgan fingerprint density at radius 1 is 1.14 bits per heavy atom. The fraction of sp³-hybridized carbons (Fsp3) is 0.571. The number of benzene rings is 1. The Hall–Kier alpha value is -2.80. The minimum atomic E-state index is -0.0680. The number of carbonyl (C=O) groups excluding carboxylic acids is 1. The van der Waals surface area contributed by atoms with E-state index in [1.807, 2.05) is 17.0 Å². The van der Waals surface area contributed by atoms with Crippen molar-refractivity contribution in [1.82, 2.24) is 4.90 Å². The van der Waals surface area contributed by atoms with Gasteiger partial charge in [0.15, 0.2) is 5.76 Å². The quantitative estimate of drug-likeness (QED) is 0.212. The lowest BCUT2D eigenvalue weighted by Gasteiger charge is -2.42. The lowest BCUT2D eigenvalue weighted by atomic mass is 9.69. The number of rotatable bonds is 9. The summed E-state index contributed by atoms with van der Waals surface area (Å²) in [7, 11) is 0. The number of nitrogens with two attached hydrogens (primary N) is 1. The molecular weight excluding hydrogens is 440 g/mol. The van der Waals surface area contributed by atoms with Crippen LogP contribution in [0.2, 0.25) is 0 Å². The molecule has 0 spiro atoms. The van der Waals surface area contributed by atoms with Gasteiger partial charge in [-0.1, -0.05) is 42.1 Å². The molecule has 3 N–H and O–H groups in total. The molecule has 1 aromatic carbocycles. The number of amides is 1. The van der Waals surface area contributed by atoms with Crippen molar-refractivity contribution in [3.05, 3.63) is 54.0 Å². The van der Waals surface area contributed by atoms with Crippen LogP contribution in [0.25, 0.3) is 0 Å². The monoisotopic (exact) mass is 480 g/mol. The molecule has 35 heavy (non-hydrogen) atoms. The van der Waals surface area contributed by atoms with Gasteiger partial charge in [-0.3, -0.25) is 4.79 Å². The minimum absolute atomic E-state index is 0.0680. The van der Waals surface area contributed by atoms with Crippen LogP contribution in [0, 0.1) is 12.3 Å². The van der Waals surface area contributed by atoms with E-state index in [4.69, 9.17) is 15.4 Å². The summed E-state index contributed by atoms with van der Waals surface area (Å²) in [5.74, 6) is 0.660. The van der Waals surface area contributed by atoms with Crippen LogP contribution in [0.5, 0.6) is 0 Å². The number of oxime groups is 1. The van der Waals surface area contributed by atoms with E-state index in [0.29, 0.717) is 23.4 Å². The summed E-state index contributed by atoms with van der Waals surface area (Å²) in [5.41, 5.74) is 8.21. The molecule has 1 saturated heterocycles. The number of likely N-dealkylation sites (tertiary alicyclic amines) is 1. The summed E-state index contributed by atoms with van der Waals surface area (Å²) in [6.45, 7) is 5.09. The first-order valence-corrected chi connectivity index (χ1v) is 13.1. The maximum absolute atomic E-state index is 13.4. The maximum Gasteiger partial charge on any atom is 0.294 e. The van der Waals surface area contributed by atoms with E-state index >= 15 is 0 Å². The molecule has 2 aromatic rings. The van der Waals surface area contributed by atoms with E-state index in [9.17, 15) is 4.79 Å². The lowest BCUT2D eigenvalue weighted by Crippen LogP contribution is -2.48. The molecule has 2 fully saturated rings. The van der Waals surface area contributed by atoms with Crippen molar-refractivity contribution in [2.45, 2.75) is 77.2 Å². The van der Waals surface area contributed by atoms with Crippen LogP contribution in [0.3, 0.4) is 0 Å². The fourth-order valence-electron chi connectivity index (χ4n) is 5.88. The van der Waals surface area contributed by atoms with Gasteiger partial charge < -0.3 is 25.2 Å². The molecule has 2 heterocycles. The number of amidine groups is 1. The molecule has 0 bridgehead atoms. The molecule has 0 unspecified atom stereocenters. The highest BCUT2D eigenvalue weighted by molar-refractivity contribution is 6.04. The Bertz CT molecular complexity index is 957. The molecule has 1 aliphatic carbocycles. The van der Waals surface area contributed by atoms with Gasteiger partial charge in [-0.05, 0) is 81.7 Å². The maximum atomic E-state index is 13.4. The van der Waals surface area contributed by atoms with Crippen molar-refractivity contribution in [3.63, 3.8) is 0 Å². The smallest absolute Gasteiger partial charge is 0.294 e. The number of hydrogen-bond acceptors (Lipinski definition) is 5. The number of furan rings is 1. The van der Waals surface area contributed by atoms with Gasteiger partial charge in [0.05, 0.1) is 6.26 Å². The summed E-state index contributed by atoms with van der Waals surface area (Å²) >= 11 is 0. The van der Waals surface area contributed by atoms with Crippen molar-refractivity contribution in [2.75, 3.05) is 24.5 Å². The third-order valence-electron chi connectivity index (χ3n) is 8.10. The Labute approximate surface area is 209 Å². The second kappa shape index (κ2) is 11.8. The van der Waals surface area contributed by atoms with E-state index in [2.05, 4.69) is 29.1 Å². The lowest BCUT2D eigenvalue weighted by molar-refractivity contribution is 0.0919. The van der Waals surface area contributed by atoms with Crippen LogP contribution in [-0.2, 0) is 0 Å². The Morgan fingerprint density at radius 3 is 2.49 bits per heavy atom. The second-order valence-electron chi connectivity index (χ2n) is 10.5. The molecule has 2 aliphatic rings. The van der Waals surface area contributed by atoms with Crippen molar-refractivity contribution < 1.29 is 14.4 Å². The largest absolute Gasteiger partial charge is 0.459 e. The SMILES string of the molecule is Cc1ccc(N(C(=O)c2ccco2)C2CCN(CCC3(CCC(N)=NO)CCCCC3)CC2)cc1. The number of nitrogens with zero attached hydrogens (tertiary/aromatic N) is 3. The van der Waals surface area contributed by atoms with Gasteiger partial charge in [-0.15, -0.1) is 0 Å². The number of carbonyl (C=O) groups is 1. The molecule has 190 valence electrons. The van der Waals surface area contributed by atoms with E-state index in [1.165, 1.54) is 37.7 Å². The molecular formula is C28H40N4O3. The summed E-state index contributed by atoms with van der Waals surface area (Å²) in [4.78, 5) is 17.9. The summed E-state index contributed by atoms with van der Waals surface area (Å²) in [6, 6.07) is 11.9. The molecule has 1 aromatic heterocycles. The standard InChI is InChI=1S/C28H40N4O3/c1-22-7-9-23(10-8-22)32(27(33)25-6-5-21-35-25)24-12-18-31(19-13-24)20-17-28(14-3-2-4-15-28)16-11-26(29)30-34/h5-10,21,24,34H,2-4,11-20H2,1H3,(H2,29,30). The Kier molecular flexibility index (Phi) is 8.50. The fourth-order valence-corrected chi connectivity index (χ4v) is 5.88.